The number of rotatable bonds is 3. The first-order chi connectivity index (χ1) is 5.38. The number of halogens is 3. The lowest BCUT2D eigenvalue weighted by Crippen LogP contribution is -2.26. The van der Waals surface area contributed by atoms with Crippen molar-refractivity contribution in [1.82, 2.24) is 0 Å². The molecule has 0 aromatic carbocycles. The normalized spacial score (nSPS) is 10.2. The molecule has 2 N–H and O–H groups in total. The summed E-state index contributed by atoms with van der Waals surface area (Å²) in [5, 5.41) is 0. The summed E-state index contributed by atoms with van der Waals surface area (Å²) in [5.41, 5.74) is 0. The van der Waals surface area contributed by atoms with Crippen molar-refractivity contribution >= 4 is 11.8 Å². The van der Waals surface area contributed by atoms with Crippen LogP contribution in [0.4, 0.5) is 13.2 Å². The van der Waals surface area contributed by atoms with Gasteiger partial charge in [-0.2, -0.15) is 13.2 Å². The summed E-state index contributed by atoms with van der Waals surface area (Å²) in [4.78, 5) is 20.5. The Balaban J connectivity index is 0. The van der Waals surface area contributed by atoms with Crippen LogP contribution in [-0.4, -0.2) is 30.0 Å². The minimum atomic E-state index is -4.95. The number of ether oxygens (including phenoxy) is 1. The van der Waals surface area contributed by atoms with Crippen LogP contribution in [-0.2, 0) is 14.3 Å². The Morgan fingerprint density at radius 2 is 1.77 bits per heavy atom. The molecule has 0 rings (SSSR count). The van der Waals surface area contributed by atoms with Gasteiger partial charge in [0.2, 0.25) is 5.78 Å². The van der Waals surface area contributed by atoms with Crippen LogP contribution in [0.2, 0.25) is 0 Å². The van der Waals surface area contributed by atoms with Crippen LogP contribution in [0.25, 0.3) is 0 Å². The second-order valence-electron chi connectivity index (χ2n) is 1.90. The van der Waals surface area contributed by atoms with Gasteiger partial charge in [-0.25, -0.2) is 0 Å². The Morgan fingerprint density at radius 1 is 1.31 bits per heavy atom. The third kappa shape index (κ3) is 6.09. The van der Waals surface area contributed by atoms with E-state index in [4.69, 9.17) is 0 Å². The summed E-state index contributed by atoms with van der Waals surface area (Å²) >= 11 is 0. The van der Waals surface area contributed by atoms with E-state index < -0.39 is 24.3 Å². The van der Waals surface area contributed by atoms with E-state index in [1.165, 1.54) is 6.92 Å². The zero-order valence-corrected chi connectivity index (χ0v) is 6.77. The quantitative estimate of drug-likeness (QED) is 0.486. The molecule has 0 unspecified atom stereocenters. The number of carbonyl (C=O) groups is 2. The Bertz CT molecular complexity index is 187. The highest BCUT2D eigenvalue weighted by Gasteiger charge is 2.39. The Morgan fingerprint density at radius 3 is 2.08 bits per heavy atom. The van der Waals surface area contributed by atoms with Crippen molar-refractivity contribution in [3.05, 3.63) is 0 Å². The monoisotopic (exact) mass is 202 g/mol. The number of alkyl halides is 3. The summed E-state index contributed by atoms with van der Waals surface area (Å²) in [6.07, 6.45) is -6.19. The number of ketones is 1. The maximum Gasteiger partial charge on any atom is 0.450 e. The van der Waals surface area contributed by atoms with Crippen LogP contribution < -0.4 is 0 Å². The zero-order chi connectivity index (χ0) is 9.78. The molecule has 0 aromatic rings. The molecule has 0 spiro atoms. The number of carbonyl (C=O) groups excluding carboxylic acids is 2. The fraction of sp³-hybridized carbons (Fsp3) is 0.667. The number of esters is 1. The van der Waals surface area contributed by atoms with Crippen molar-refractivity contribution in [2.45, 2.75) is 19.5 Å². The first kappa shape index (κ1) is 14.4. The second kappa shape index (κ2) is 5.52. The highest BCUT2D eigenvalue weighted by molar-refractivity contribution is 5.98. The molecule has 0 heterocycles. The van der Waals surface area contributed by atoms with E-state index in [1.54, 1.807) is 0 Å². The first-order valence-electron chi connectivity index (χ1n) is 3.13. The molecule has 0 bridgehead atoms. The van der Waals surface area contributed by atoms with Crippen molar-refractivity contribution in [3.63, 3.8) is 0 Å². The van der Waals surface area contributed by atoms with E-state index in [9.17, 15) is 22.8 Å². The molecule has 0 aliphatic heterocycles. The molecule has 0 fully saturated rings. The van der Waals surface area contributed by atoms with E-state index in [0.29, 0.717) is 0 Å². The predicted molar refractivity (Wildman–Crippen MR) is 35.9 cm³/mol. The maximum atomic E-state index is 11.5. The van der Waals surface area contributed by atoms with Crippen molar-refractivity contribution in [1.29, 1.82) is 0 Å². The lowest BCUT2D eigenvalue weighted by Gasteiger charge is -2.03. The summed E-state index contributed by atoms with van der Waals surface area (Å²) in [7, 11) is 0. The van der Waals surface area contributed by atoms with Crippen LogP contribution in [0.1, 0.15) is 13.3 Å². The maximum absolute atomic E-state index is 11.5. The average Bonchev–Trinajstić information content (AvgIpc) is 1.85. The van der Waals surface area contributed by atoms with Gasteiger partial charge in [0.25, 0.3) is 0 Å². The Kier molecular flexibility index (Phi) is 6.12. The van der Waals surface area contributed by atoms with Crippen LogP contribution in [0, 0.1) is 0 Å². The van der Waals surface area contributed by atoms with Crippen LogP contribution >= 0.6 is 0 Å². The molecule has 0 saturated carbocycles. The predicted octanol–water partition coefficient (Wildman–Crippen LogP) is 0.246. The summed E-state index contributed by atoms with van der Waals surface area (Å²) in [6.45, 7) is 1.40. The van der Waals surface area contributed by atoms with Crippen molar-refractivity contribution < 1.29 is 33.0 Å². The van der Waals surface area contributed by atoms with E-state index in [1.807, 2.05) is 0 Å². The molecule has 0 aliphatic rings. The second-order valence-corrected chi connectivity index (χ2v) is 1.90. The van der Waals surface area contributed by atoms with Gasteiger partial charge in [0.15, 0.2) is 0 Å². The standard InChI is InChI=1S/C6H7F3O3.H2O/c1-2-12-5(11)3-4(10)6(7,8)9;/h2-3H2,1H3;1H2. The molecular formula is C6H9F3O4. The number of hydrogen-bond acceptors (Lipinski definition) is 3. The molecule has 0 amide bonds. The SMILES string of the molecule is CCOC(=O)CC(=O)C(F)(F)F.O. The van der Waals surface area contributed by atoms with Gasteiger partial charge in [0.1, 0.15) is 6.42 Å². The van der Waals surface area contributed by atoms with Crippen molar-refractivity contribution in [2.24, 2.45) is 0 Å². The Labute approximate surface area is 72.0 Å². The molecule has 78 valence electrons. The van der Waals surface area contributed by atoms with Gasteiger partial charge in [-0.1, -0.05) is 0 Å². The van der Waals surface area contributed by atoms with Gasteiger partial charge < -0.3 is 10.2 Å². The molecule has 0 aliphatic carbocycles. The van der Waals surface area contributed by atoms with Crippen molar-refractivity contribution in [2.75, 3.05) is 6.61 Å². The summed E-state index contributed by atoms with van der Waals surface area (Å²) in [6, 6.07) is 0. The van der Waals surface area contributed by atoms with Gasteiger partial charge in [-0.3, -0.25) is 9.59 Å². The van der Waals surface area contributed by atoms with E-state index in [0.717, 1.165) is 0 Å². The minimum absolute atomic E-state index is 0. The Hall–Kier alpha value is -1.11. The number of hydrogen-bond donors (Lipinski definition) is 0. The first-order valence-corrected chi connectivity index (χ1v) is 3.13. The fourth-order valence-electron chi connectivity index (χ4n) is 0.443. The molecule has 0 aromatic heterocycles. The van der Waals surface area contributed by atoms with Gasteiger partial charge >= 0.3 is 12.1 Å². The van der Waals surface area contributed by atoms with E-state index in [-0.39, 0.29) is 12.1 Å². The lowest BCUT2D eigenvalue weighted by molar-refractivity contribution is -0.174. The summed E-state index contributed by atoms with van der Waals surface area (Å²) < 4.78 is 38.6. The molecule has 0 radical (unpaired) electrons. The highest BCUT2D eigenvalue weighted by atomic mass is 19.4. The lowest BCUT2D eigenvalue weighted by atomic mass is 10.3. The van der Waals surface area contributed by atoms with Gasteiger partial charge in [-0.05, 0) is 6.92 Å². The molecule has 0 saturated heterocycles. The molecular weight excluding hydrogens is 193 g/mol. The molecule has 0 atom stereocenters. The molecule has 7 heteroatoms. The smallest absolute Gasteiger partial charge is 0.450 e. The fourth-order valence-corrected chi connectivity index (χ4v) is 0.443. The average molecular weight is 202 g/mol. The number of Topliss-reactive ketones (excluding diaryl/α,β-unsaturated/α-hetero) is 1. The largest absolute Gasteiger partial charge is 0.466 e. The topological polar surface area (TPSA) is 74.9 Å². The van der Waals surface area contributed by atoms with Gasteiger partial charge in [-0.15, -0.1) is 0 Å². The van der Waals surface area contributed by atoms with Crippen LogP contribution in [0.15, 0.2) is 0 Å². The van der Waals surface area contributed by atoms with E-state index >= 15 is 0 Å². The molecule has 4 nitrogen and oxygen atoms in total. The van der Waals surface area contributed by atoms with Gasteiger partial charge in [0, 0.05) is 0 Å². The van der Waals surface area contributed by atoms with Crippen molar-refractivity contribution in [3.8, 4) is 0 Å². The van der Waals surface area contributed by atoms with Gasteiger partial charge in [0.05, 0.1) is 6.61 Å². The third-order valence-electron chi connectivity index (χ3n) is 0.926. The minimum Gasteiger partial charge on any atom is -0.466 e. The van der Waals surface area contributed by atoms with Crippen LogP contribution in [0.3, 0.4) is 0 Å². The zero-order valence-electron chi connectivity index (χ0n) is 6.77. The highest BCUT2D eigenvalue weighted by Crippen LogP contribution is 2.17. The molecule has 13 heavy (non-hydrogen) atoms. The van der Waals surface area contributed by atoms with E-state index in [2.05, 4.69) is 4.74 Å². The van der Waals surface area contributed by atoms with Crippen LogP contribution in [0.5, 0.6) is 0 Å². The third-order valence-corrected chi connectivity index (χ3v) is 0.926. The summed E-state index contributed by atoms with van der Waals surface area (Å²) in [5.74, 6) is -3.24.